The highest BCUT2D eigenvalue weighted by Crippen LogP contribution is 2.39. The highest BCUT2D eigenvalue weighted by atomic mass is 16.5. The Labute approximate surface area is 152 Å². The van der Waals surface area contributed by atoms with Gasteiger partial charge < -0.3 is 20.1 Å². The molecular weight excluding hydrogens is 332 g/mol. The topological polar surface area (TPSA) is 85.4 Å². The Morgan fingerprint density at radius 1 is 1.23 bits per heavy atom. The minimum absolute atomic E-state index is 0.113. The molecule has 1 aliphatic heterocycles. The number of carbonyl (C=O) groups is 1. The van der Waals surface area contributed by atoms with Crippen molar-refractivity contribution in [3.8, 4) is 11.5 Å². The summed E-state index contributed by atoms with van der Waals surface area (Å²) >= 11 is 0. The van der Waals surface area contributed by atoms with Crippen molar-refractivity contribution in [3.05, 3.63) is 40.8 Å². The summed E-state index contributed by atoms with van der Waals surface area (Å²) in [5, 5.41) is 6.26. The molecule has 1 fully saturated rings. The molecule has 0 unspecified atom stereocenters. The number of anilines is 1. The predicted octanol–water partition coefficient (Wildman–Crippen LogP) is 2.27. The highest BCUT2D eigenvalue weighted by molar-refractivity contribution is 5.96. The summed E-state index contributed by atoms with van der Waals surface area (Å²) < 4.78 is 10.9. The molecule has 1 saturated carbocycles. The maximum atomic E-state index is 12.2. The van der Waals surface area contributed by atoms with Crippen molar-refractivity contribution in [3.63, 3.8) is 0 Å². The average molecular weight is 354 g/mol. The Balaban J connectivity index is 1.65. The normalized spacial score (nSPS) is 15.8. The van der Waals surface area contributed by atoms with Crippen molar-refractivity contribution in [1.29, 1.82) is 0 Å². The van der Waals surface area contributed by atoms with Gasteiger partial charge in [0.15, 0.2) is 11.5 Å². The maximum absolute atomic E-state index is 12.2. The number of aromatic nitrogens is 2. The number of benzene rings is 1. The van der Waals surface area contributed by atoms with Crippen LogP contribution in [0.2, 0.25) is 0 Å². The maximum Gasteiger partial charge on any atom is 0.270 e. The Bertz CT molecular complexity index is 849. The second kappa shape index (κ2) is 6.82. The number of amides is 1. The van der Waals surface area contributed by atoms with E-state index in [1.54, 1.807) is 14.2 Å². The summed E-state index contributed by atoms with van der Waals surface area (Å²) in [5.41, 5.74) is 2.36. The van der Waals surface area contributed by atoms with Crippen LogP contribution in [-0.4, -0.2) is 36.6 Å². The van der Waals surface area contributed by atoms with Crippen LogP contribution < -0.4 is 20.1 Å². The third kappa shape index (κ3) is 3.05. The van der Waals surface area contributed by atoms with Crippen molar-refractivity contribution < 1.29 is 14.3 Å². The monoisotopic (exact) mass is 354 g/mol. The lowest BCUT2D eigenvalue weighted by molar-refractivity contribution is 0.0940. The molecule has 2 heterocycles. The van der Waals surface area contributed by atoms with Crippen LogP contribution in [0.3, 0.4) is 0 Å². The van der Waals surface area contributed by atoms with Gasteiger partial charge in [-0.25, -0.2) is 9.97 Å². The van der Waals surface area contributed by atoms with Crippen LogP contribution in [0.15, 0.2) is 18.2 Å². The summed E-state index contributed by atoms with van der Waals surface area (Å²) in [6, 6.07) is 5.78. The summed E-state index contributed by atoms with van der Waals surface area (Å²) in [6.45, 7) is 1.13. The highest BCUT2D eigenvalue weighted by Gasteiger charge is 2.31. The molecule has 2 N–H and O–H groups in total. The first-order valence-corrected chi connectivity index (χ1v) is 8.84. The summed E-state index contributed by atoms with van der Waals surface area (Å²) in [4.78, 5) is 21.5. The lowest BCUT2D eigenvalue weighted by Crippen LogP contribution is -2.34. The second-order valence-corrected chi connectivity index (χ2v) is 6.54. The predicted molar refractivity (Wildman–Crippen MR) is 96.9 cm³/mol. The molecule has 1 aliphatic carbocycles. The van der Waals surface area contributed by atoms with Gasteiger partial charge in [-0.3, -0.25) is 4.79 Å². The Hall–Kier alpha value is -2.83. The molecular formula is C19H22N4O3. The first-order chi connectivity index (χ1) is 12.7. The third-order valence-corrected chi connectivity index (χ3v) is 4.77. The van der Waals surface area contributed by atoms with E-state index in [0.717, 1.165) is 42.0 Å². The zero-order chi connectivity index (χ0) is 18.1. The van der Waals surface area contributed by atoms with E-state index in [-0.39, 0.29) is 5.91 Å². The molecule has 7 heteroatoms. The van der Waals surface area contributed by atoms with Gasteiger partial charge in [-0.2, -0.15) is 0 Å². The van der Waals surface area contributed by atoms with Crippen LogP contribution in [0, 0.1) is 0 Å². The number of rotatable bonds is 6. The molecule has 4 rings (SSSR count). The van der Waals surface area contributed by atoms with E-state index in [4.69, 9.17) is 14.5 Å². The lowest BCUT2D eigenvalue weighted by Gasteiger charge is -2.20. The van der Waals surface area contributed by atoms with Gasteiger partial charge in [0.05, 0.1) is 14.2 Å². The van der Waals surface area contributed by atoms with E-state index in [9.17, 15) is 4.79 Å². The van der Waals surface area contributed by atoms with Gasteiger partial charge >= 0.3 is 0 Å². The number of para-hydroxylation sites is 1. The van der Waals surface area contributed by atoms with Crippen molar-refractivity contribution >= 4 is 11.7 Å². The van der Waals surface area contributed by atoms with Crippen LogP contribution in [0.4, 0.5) is 5.82 Å². The van der Waals surface area contributed by atoms with Crippen molar-refractivity contribution in [2.24, 2.45) is 0 Å². The van der Waals surface area contributed by atoms with Gasteiger partial charge in [0, 0.05) is 30.1 Å². The van der Waals surface area contributed by atoms with Crippen LogP contribution in [0.25, 0.3) is 0 Å². The van der Waals surface area contributed by atoms with Gasteiger partial charge in [0.2, 0.25) is 0 Å². The van der Waals surface area contributed by atoms with Gasteiger partial charge in [-0.15, -0.1) is 0 Å². The van der Waals surface area contributed by atoms with E-state index < -0.39 is 0 Å². The van der Waals surface area contributed by atoms with E-state index in [1.807, 2.05) is 18.2 Å². The molecule has 7 nitrogen and oxygen atoms in total. The summed E-state index contributed by atoms with van der Waals surface area (Å²) in [5.74, 6) is 3.16. The molecule has 0 radical (unpaired) electrons. The first-order valence-electron chi connectivity index (χ1n) is 8.84. The number of carbonyl (C=O) groups excluding carboxylic acids is 1. The van der Waals surface area contributed by atoms with Gasteiger partial charge in [-0.05, 0) is 25.3 Å². The average Bonchev–Trinajstić information content (AvgIpc) is 3.51. The first kappa shape index (κ1) is 16.6. The minimum atomic E-state index is -0.113. The third-order valence-electron chi connectivity index (χ3n) is 4.77. The zero-order valence-electron chi connectivity index (χ0n) is 15.0. The van der Waals surface area contributed by atoms with Crippen LogP contribution in [-0.2, 0) is 13.0 Å². The van der Waals surface area contributed by atoms with Gasteiger partial charge in [0.25, 0.3) is 5.91 Å². The molecule has 0 bridgehead atoms. The molecule has 1 aromatic carbocycles. The number of hydrogen-bond acceptors (Lipinski definition) is 6. The van der Waals surface area contributed by atoms with Crippen LogP contribution in [0.5, 0.6) is 11.5 Å². The quantitative estimate of drug-likeness (QED) is 0.828. The smallest absolute Gasteiger partial charge is 0.270 e. The Kier molecular flexibility index (Phi) is 4.36. The number of nitrogens with zero attached hydrogens (tertiary/aromatic N) is 2. The fourth-order valence-corrected chi connectivity index (χ4v) is 3.25. The van der Waals surface area contributed by atoms with Crippen molar-refractivity contribution in [2.75, 3.05) is 26.1 Å². The molecule has 26 heavy (non-hydrogen) atoms. The summed E-state index contributed by atoms with van der Waals surface area (Å²) in [6.07, 6.45) is 2.90. The van der Waals surface area contributed by atoms with Crippen molar-refractivity contribution in [1.82, 2.24) is 15.3 Å². The Morgan fingerprint density at radius 2 is 2.08 bits per heavy atom. The molecule has 0 spiro atoms. The largest absolute Gasteiger partial charge is 0.493 e. The molecule has 2 aliphatic rings. The van der Waals surface area contributed by atoms with E-state index in [1.165, 1.54) is 0 Å². The minimum Gasteiger partial charge on any atom is -0.493 e. The van der Waals surface area contributed by atoms with Crippen LogP contribution in [0.1, 0.15) is 46.2 Å². The Morgan fingerprint density at radius 3 is 2.81 bits per heavy atom. The van der Waals surface area contributed by atoms with Gasteiger partial charge in [0.1, 0.15) is 17.3 Å². The SMILES string of the molecule is COc1cccc(CNc2nc(C3CC3)nc3c2CCNC3=O)c1OC. The fraction of sp³-hybridized carbons (Fsp3) is 0.421. The number of nitrogens with one attached hydrogen (secondary N) is 2. The number of methoxy groups -OCH3 is 2. The lowest BCUT2D eigenvalue weighted by atomic mass is 10.1. The van der Waals surface area contributed by atoms with Gasteiger partial charge in [-0.1, -0.05) is 12.1 Å². The fourth-order valence-electron chi connectivity index (χ4n) is 3.25. The zero-order valence-corrected chi connectivity index (χ0v) is 15.0. The van der Waals surface area contributed by atoms with E-state index in [2.05, 4.69) is 15.6 Å². The standard InChI is InChI=1S/C19H22N4O3/c1-25-14-5-3-4-12(16(14)26-2)10-21-18-13-8-9-20-19(24)15(13)22-17(23-18)11-6-7-11/h3-5,11H,6-10H2,1-2H3,(H,20,24)(H,21,22,23). The molecule has 1 aromatic heterocycles. The number of fused-ring (bicyclic) bond motifs is 1. The van der Waals surface area contributed by atoms with E-state index in [0.29, 0.717) is 36.2 Å². The molecule has 136 valence electrons. The van der Waals surface area contributed by atoms with Crippen molar-refractivity contribution in [2.45, 2.75) is 31.7 Å². The van der Waals surface area contributed by atoms with E-state index >= 15 is 0 Å². The molecule has 1 amide bonds. The summed E-state index contributed by atoms with van der Waals surface area (Å²) in [7, 11) is 3.25. The molecule has 0 atom stereocenters. The molecule has 2 aromatic rings. The second-order valence-electron chi connectivity index (χ2n) is 6.54. The number of hydrogen-bond donors (Lipinski definition) is 2. The molecule has 0 saturated heterocycles. The van der Waals surface area contributed by atoms with Crippen LogP contribution >= 0.6 is 0 Å². The number of ether oxygens (including phenoxy) is 2.